The van der Waals surface area contributed by atoms with Crippen molar-refractivity contribution in [2.24, 2.45) is 5.73 Å². The van der Waals surface area contributed by atoms with Gasteiger partial charge in [-0.25, -0.2) is 8.42 Å². The van der Waals surface area contributed by atoms with Crippen LogP contribution in [0.5, 0.6) is 0 Å². The van der Waals surface area contributed by atoms with Crippen molar-refractivity contribution in [1.29, 1.82) is 0 Å². The smallest absolute Gasteiger partial charge is 0.214 e. The van der Waals surface area contributed by atoms with Crippen LogP contribution in [0.4, 0.5) is 0 Å². The van der Waals surface area contributed by atoms with Gasteiger partial charge in [-0.15, -0.1) is 0 Å². The van der Waals surface area contributed by atoms with Crippen LogP contribution in [-0.2, 0) is 10.0 Å². The Bertz CT molecular complexity index is 510. The molecule has 2 atom stereocenters. The molecule has 0 aliphatic heterocycles. The van der Waals surface area contributed by atoms with Crippen molar-refractivity contribution >= 4 is 10.0 Å². The Morgan fingerprint density at radius 3 is 2.30 bits per heavy atom. The lowest BCUT2D eigenvalue weighted by molar-refractivity contribution is 0.240. The molecule has 2 unspecified atom stereocenters. The van der Waals surface area contributed by atoms with Crippen LogP contribution in [0.1, 0.15) is 38.7 Å². The molecule has 0 spiro atoms. The number of rotatable bonds is 7. The van der Waals surface area contributed by atoms with Crippen molar-refractivity contribution in [3.05, 3.63) is 35.9 Å². The molecule has 0 saturated carbocycles. The Kier molecular flexibility index (Phi) is 5.74. The second kappa shape index (κ2) is 6.70. The van der Waals surface area contributed by atoms with Gasteiger partial charge in [0.1, 0.15) is 0 Å². The van der Waals surface area contributed by atoms with Gasteiger partial charge in [0.05, 0.1) is 5.75 Å². The van der Waals surface area contributed by atoms with Gasteiger partial charge in [-0.3, -0.25) is 0 Å². The fraction of sp³-hybridized carbons (Fsp3) is 0.600. The summed E-state index contributed by atoms with van der Waals surface area (Å²) in [5.74, 6) is 0.0610. The van der Waals surface area contributed by atoms with Crippen molar-refractivity contribution in [1.82, 2.24) is 4.31 Å². The summed E-state index contributed by atoms with van der Waals surface area (Å²) in [4.78, 5) is 0. The highest BCUT2D eigenvalue weighted by Crippen LogP contribution is 2.24. The van der Waals surface area contributed by atoms with Crippen LogP contribution in [0.3, 0.4) is 0 Å². The minimum atomic E-state index is -3.34. The fourth-order valence-electron chi connectivity index (χ4n) is 2.14. The summed E-state index contributed by atoms with van der Waals surface area (Å²) in [6.07, 6.45) is 0.693. The van der Waals surface area contributed by atoms with E-state index in [9.17, 15) is 8.42 Å². The van der Waals surface area contributed by atoms with Crippen molar-refractivity contribution in [3.8, 4) is 0 Å². The van der Waals surface area contributed by atoms with E-state index in [-0.39, 0.29) is 11.7 Å². The van der Waals surface area contributed by atoms with Crippen molar-refractivity contribution in [2.75, 3.05) is 19.3 Å². The molecule has 5 heteroatoms. The monoisotopic (exact) mass is 298 g/mol. The molecule has 0 bridgehead atoms. The summed E-state index contributed by atoms with van der Waals surface area (Å²) >= 11 is 0. The molecule has 0 aromatic heterocycles. The van der Waals surface area contributed by atoms with Gasteiger partial charge in [-0.1, -0.05) is 44.2 Å². The summed E-state index contributed by atoms with van der Waals surface area (Å²) in [6.45, 7) is 6.10. The third kappa shape index (κ3) is 3.81. The number of hydrogen-bond donors (Lipinski definition) is 1. The maximum atomic E-state index is 12.5. The fourth-order valence-corrected chi connectivity index (χ4v) is 4.06. The van der Waals surface area contributed by atoms with Crippen molar-refractivity contribution < 1.29 is 8.42 Å². The van der Waals surface area contributed by atoms with Crippen LogP contribution in [0.25, 0.3) is 0 Å². The normalized spacial score (nSPS) is 16.9. The maximum Gasteiger partial charge on any atom is 0.214 e. The van der Waals surface area contributed by atoms with Crippen molar-refractivity contribution in [2.45, 2.75) is 38.6 Å². The molecule has 20 heavy (non-hydrogen) atoms. The van der Waals surface area contributed by atoms with E-state index in [0.717, 1.165) is 5.56 Å². The zero-order valence-corrected chi connectivity index (χ0v) is 13.7. The number of benzene rings is 1. The second-order valence-corrected chi connectivity index (χ2v) is 7.66. The summed E-state index contributed by atoms with van der Waals surface area (Å²) < 4.78 is 26.5. The van der Waals surface area contributed by atoms with Gasteiger partial charge in [-0.05, 0) is 24.8 Å². The minimum Gasteiger partial charge on any atom is -0.329 e. The lowest BCUT2D eigenvalue weighted by atomic mass is 10.00. The van der Waals surface area contributed by atoms with Crippen LogP contribution in [-0.4, -0.2) is 37.6 Å². The number of nitrogens with two attached hydrogens (primary N) is 1. The first-order valence-corrected chi connectivity index (χ1v) is 8.59. The lowest BCUT2D eigenvalue weighted by Gasteiger charge is -2.36. The highest BCUT2D eigenvalue weighted by atomic mass is 32.2. The Hall–Kier alpha value is -0.910. The molecule has 1 aromatic carbocycles. The third-order valence-corrected chi connectivity index (χ3v) is 6.40. The quantitative estimate of drug-likeness (QED) is 0.839. The van der Waals surface area contributed by atoms with Gasteiger partial charge in [0.15, 0.2) is 0 Å². The van der Waals surface area contributed by atoms with Crippen LogP contribution < -0.4 is 5.73 Å². The SMILES string of the molecule is CCC(C)(CN)N(C)S(=O)(=O)CC(C)c1ccccc1. The van der Waals surface area contributed by atoms with Crippen molar-refractivity contribution in [3.63, 3.8) is 0 Å². The van der Waals surface area contributed by atoms with Crippen LogP contribution in [0.2, 0.25) is 0 Å². The predicted octanol–water partition coefficient (Wildman–Crippen LogP) is 2.18. The molecule has 0 fully saturated rings. The van der Waals surface area contributed by atoms with E-state index in [1.165, 1.54) is 4.31 Å². The average molecular weight is 298 g/mol. The van der Waals surface area contributed by atoms with Gasteiger partial charge in [0.2, 0.25) is 10.0 Å². The number of likely N-dealkylation sites (N-methyl/N-ethyl adjacent to an activating group) is 1. The topological polar surface area (TPSA) is 63.4 Å². The van der Waals surface area contributed by atoms with E-state index in [4.69, 9.17) is 5.73 Å². The second-order valence-electron chi connectivity index (χ2n) is 5.61. The number of hydrogen-bond acceptors (Lipinski definition) is 3. The highest BCUT2D eigenvalue weighted by Gasteiger charge is 2.35. The molecule has 114 valence electrons. The minimum absolute atomic E-state index is 0.0393. The van der Waals surface area contributed by atoms with E-state index in [1.54, 1.807) is 7.05 Å². The molecule has 4 nitrogen and oxygen atoms in total. The Labute approximate surface area is 123 Å². The molecule has 1 aromatic rings. The van der Waals surface area contributed by atoms with Crippen LogP contribution >= 0.6 is 0 Å². The lowest BCUT2D eigenvalue weighted by Crippen LogP contribution is -2.52. The van der Waals surface area contributed by atoms with Gasteiger partial charge < -0.3 is 5.73 Å². The molecule has 0 heterocycles. The Morgan fingerprint density at radius 1 is 1.30 bits per heavy atom. The standard InChI is InChI=1S/C15H26N2O2S/c1-5-15(3,12-16)17(4)20(18,19)11-13(2)14-9-7-6-8-10-14/h6-10,13H,5,11-12,16H2,1-4H3. The molecule has 0 aliphatic carbocycles. The molecule has 0 aliphatic rings. The zero-order chi connectivity index (χ0) is 15.4. The Morgan fingerprint density at radius 2 is 1.85 bits per heavy atom. The molecule has 0 saturated heterocycles. The molecular formula is C15H26N2O2S. The molecule has 1 rings (SSSR count). The van der Waals surface area contributed by atoms with Crippen LogP contribution in [0.15, 0.2) is 30.3 Å². The van der Waals surface area contributed by atoms with E-state index >= 15 is 0 Å². The molecular weight excluding hydrogens is 272 g/mol. The number of nitrogens with zero attached hydrogens (tertiary/aromatic N) is 1. The van der Waals surface area contributed by atoms with E-state index in [2.05, 4.69) is 0 Å². The van der Waals surface area contributed by atoms with Gasteiger partial charge >= 0.3 is 0 Å². The van der Waals surface area contributed by atoms with E-state index < -0.39 is 15.6 Å². The molecule has 0 radical (unpaired) electrons. The Balaban J connectivity index is 2.90. The molecule has 0 amide bonds. The summed E-state index contributed by atoms with van der Waals surface area (Å²) in [5.41, 5.74) is 6.27. The summed E-state index contributed by atoms with van der Waals surface area (Å²) in [6, 6.07) is 9.71. The number of sulfonamides is 1. The largest absolute Gasteiger partial charge is 0.329 e. The van der Waals surface area contributed by atoms with Crippen LogP contribution in [0, 0.1) is 0 Å². The first-order chi connectivity index (χ1) is 9.27. The van der Waals surface area contributed by atoms with E-state index in [1.807, 2.05) is 51.1 Å². The van der Waals surface area contributed by atoms with E-state index in [0.29, 0.717) is 13.0 Å². The van der Waals surface area contributed by atoms with Gasteiger partial charge in [0, 0.05) is 19.1 Å². The first-order valence-electron chi connectivity index (χ1n) is 6.98. The predicted molar refractivity (Wildman–Crippen MR) is 84.2 cm³/mol. The first kappa shape index (κ1) is 17.1. The summed E-state index contributed by atoms with van der Waals surface area (Å²) in [7, 11) is -1.71. The maximum absolute atomic E-state index is 12.5. The highest BCUT2D eigenvalue weighted by molar-refractivity contribution is 7.89. The molecule has 2 N–H and O–H groups in total. The van der Waals surface area contributed by atoms with Gasteiger partial charge in [-0.2, -0.15) is 4.31 Å². The summed E-state index contributed by atoms with van der Waals surface area (Å²) in [5, 5.41) is 0. The average Bonchev–Trinajstić information content (AvgIpc) is 2.46. The zero-order valence-electron chi connectivity index (χ0n) is 12.8. The third-order valence-electron chi connectivity index (χ3n) is 4.21. The van der Waals surface area contributed by atoms with Gasteiger partial charge in [0.25, 0.3) is 0 Å².